The molecule has 5 heteroatoms. The first kappa shape index (κ1) is 17.7. The quantitative estimate of drug-likeness (QED) is 0.481. The Bertz CT molecular complexity index is 1360. The van der Waals surface area contributed by atoms with E-state index in [0.29, 0.717) is 16.9 Å². The minimum absolute atomic E-state index is 0.226. The van der Waals surface area contributed by atoms with Gasteiger partial charge in [-0.3, -0.25) is 0 Å². The van der Waals surface area contributed by atoms with Gasteiger partial charge in [0.1, 0.15) is 23.5 Å². The number of ether oxygens (including phenoxy) is 1. The Morgan fingerprint density at radius 3 is 2.28 bits per heavy atom. The summed E-state index contributed by atoms with van der Waals surface area (Å²) in [5, 5.41) is 1.81. The van der Waals surface area contributed by atoms with Gasteiger partial charge in [-0.2, -0.15) is 0 Å². The molecular formula is C24H20O5. The predicted octanol–water partition coefficient (Wildman–Crippen LogP) is 4.53. The van der Waals surface area contributed by atoms with Crippen LogP contribution in [0.4, 0.5) is 0 Å². The van der Waals surface area contributed by atoms with Crippen molar-refractivity contribution in [1.82, 2.24) is 0 Å². The van der Waals surface area contributed by atoms with Crippen LogP contribution in [0.5, 0.6) is 5.75 Å². The average Bonchev–Trinajstić information content (AvgIpc) is 3.16. The highest BCUT2D eigenvalue weighted by Gasteiger charge is 2.15. The number of benzene rings is 2. The fraction of sp³-hybridized carbons (Fsp3) is 0.250. The van der Waals surface area contributed by atoms with Crippen molar-refractivity contribution in [2.24, 2.45) is 0 Å². The number of aryl methyl sites for hydroxylation is 3. The Balaban J connectivity index is 1.50. The van der Waals surface area contributed by atoms with Crippen LogP contribution in [-0.2, 0) is 25.9 Å². The highest BCUT2D eigenvalue weighted by atomic mass is 16.5. The second-order valence-electron chi connectivity index (χ2n) is 7.45. The van der Waals surface area contributed by atoms with Gasteiger partial charge in [-0.15, -0.1) is 0 Å². The summed E-state index contributed by atoms with van der Waals surface area (Å²) < 4.78 is 16.7. The van der Waals surface area contributed by atoms with E-state index in [1.54, 1.807) is 6.07 Å². The first-order valence-corrected chi connectivity index (χ1v) is 9.89. The van der Waals surface area contributed by atoms with Crippen LogP contribution in [0, 0.1) is 0 Å². The van der Waals surface area contributed by atoms with Crippen LogP contribution in [0.3, 0.4) is 0 Å². The van der Waals surface area contributed by atoms with Crippen molar-refractivity contribution in [3.63, 3.8) is 0 Å². The molecule has 4 aromatic rings. The van der Waals surface area contributed by atoms with Crippen molar-refractivity contribution in [1.29, 1.82) is 0 Å². The summed E-state index contributed by atoms with van der Waals surface area (Å²) in [5.41, 5.74) is 4.66. The van der Waals surface area contributed by atoms with Gasteiger partial charge < -0.3 is 13.6 Å². The van der Waals surface area contributed by atoms with Gasteiger partial charge in [0.15, 0.2) is 0 Å². The van der Waals surface area contributed by atoms with Crippen LogP contribution in [0.1, 0.15) is 35.6 Å². The summed E-state index contributed by atoms with van der Waals surface area (Å²) in [4.78, 5) is 23.8. The van der Waals surface area contributed by atoms with Crippen LogP contribution >= 0.6 is 0 Å². The van der Waals surface area contributed by atoms with Gasteiger partial charge in [0.25, 0.3) is 0 Å². The topological polar surface area (TPSA) is 69.7 Å². The lowest BCUT2D eigenvalue weighted by Crippen LogP contribution is -2.05. The van der Waals surface area contributed by atoms with Crippen LogP contribution in [0.15, 0.2) is 60.9 Å². The minimum atomic E-state index is -0.383. The summed E-state index contributed by atoms with van der Waals surface area (Å²) in [6.07, 6.45) is 3.95. The van der Waals surface area contributed by atoms with E-state index in [1.807, 2.05) is 25.1 Å². The van der Waals surface area contributed by atoms with Crippen LogP contribution in [0.25, 0.3) is 21.9 Å². The molecule has 0 N–H and O–H groups in total. The van der Waals surface area contributed by atoms with E-state index >= 15 is 0 Å². The van der Waals surface area contributed by atoms with Crippen LogP contribution < -0.4 is 16.0 Å². The van der Waals surface area contributed by atoms with Crippen molar-refractivity contribution in [3.8, 4) is 5.75 Å². The Morgan fingerprint density at radius 1 is 0.828 bits per heavy atom. The zero-order valence-corrected chi connectivity index (χ0v) is 16.1. The van der Waals surface area contributed by atoms with Gasteiger partial charge in [-0.25, -0.2) is 9.59 Å². The summed E-state index contributed by atoms with van der Waals surface area (Å²) in [6, 6.07) is 12.6. The number of fused-ring (bicyclic) bond motifs is 3. The average molecular weight is 388 g/mol. The normalized spacial score (nSPS) is 13.1. The molecule has 0 atom stereocenters. The molecule has 0 saturated carbocycles. The van der Waals surface area contributed by atoms with Gasteiger partial charge in [0.05, 0.1) is 0 Å². The molecule has 0 aliphatic heterocycles. The van der Waals surface area contributed by atoms with E-state index in [1.165, 1.54) is 23.3 Å². The fourth-order valence-electron chi connectivity index (χ4n) is 4.17. The molecule has 5 nitrogen and oxygen atoms in total. The van der Waals surface area contributed by atoms with Gasteiger partial charge in [0, 0.05) is 34.5 Å². The molecule has 0 amide bonds. The van der Waals surface area contributed by atoms with Crippen molar-refractivity contribution in [2.45, 2.75) is 39.2 Å². The monoisotopic (exact) mass is 388 g/mol. The molecule has 0 unspecified atom stereocenters. The third-order valence-corrected chi connectivity index (χ3v) is 5.62. The summed E-state index contributed by atoms with van der Waals surface area (Å²) in [7, 11) is 0. The zero-order chi connectivity index (χ0) is 20.0. The number of rotatable bonds is 4. The molecule has 5 rings (SSSR count). The molecule has 1 aliphatic carbocycles. The molecule has 2 aromatic heterocycles. The molecule has 0 radical (unpaired) electrons. The molecule has 1 aliphatic rings. The SMILES string of the molecule is CCc1cc(=O)oc2cc(OCc3cc(=O)oc4cc5c(cc34)CCC5)ccc12. The predicted molar refractivity (Wildman–Crippen MR) is 111 cm³/mol. The van der Waals surface area contributed by atoms with Crippen LogP contribution in [-0.4, -0.2) is 0 Å². The number of hydrogen-bond acceptors (Lipinski definition) is 5. The Hall–Kier alpha value is -3.34. The summed E-state index contributed by atoms with van der Waals surface area (Å²) in [5.74, 6) is 0.580. The van der Waals surface area contributed by atoms with Crippen molar-refractivity contribution < 1.29 is 13.6 Å². The Kier molecular flexibility index (Phi) is 4.23. The van der Waals surface area contributed by atoms with Gasteiger partial charge in [-0.05, 0) is 66.6 Å². The van der Waals surface area contributed by atoms with Crippen molar-refractivity contribution in [3.05, 3.63) is 85.6 Å². The molecule has 2 aromatic carbocycles. The summed E-state index contributed by atoms with van der Waals surface area (Å²) >= 11 is 0. The van der Waals surface area contributed by atoms with E-state index in [2.05, 4.69) is 6.07 Å². The minimum Gasteiger partial charge on any atom is -0.489 e. The maximum atomic E-state index is 12.0. The maximum absolute atomic E-state index is 12.0. The largest absolute Gasteiger partial charge is 0.489 e. The molecular weight excluding hydrogens is 368 g/mol. The molecule has 146 valence electrons. The van der Waals surface area contributed by atoms with Crippen molar-refractivity contribution in [2.75, 3.05) is 0 Å². The van der Waals surface area contributed by atoms with E-state index in [0.717, 1.165) is 47.6 Å². The lowest BCUT2D eigenvalue weighted by atomic mass is 10.0. The Morgan fingerprint density at radius 2 is 1.52 bits per heavy atom. The zero-order valence-electron chi connectivity index (χ0n) is 16.1. The highest BCUT2D eigenvalue weighted by molar-refractivity contribution is 5.83. The van der Waals surface area contributed by atoms with E-state index < -0.39 is 0 Å². The van der Waals surface area contributed by atoms with Gasteiger partial charge in [-0.1, -0.05) is 6.92 Å². The summed E-state index contributed by atoms with van der Waals surface area (Å²) in [6.45, 7) is 2.23. The van der Waals surface area contributed by atoms with Gasteiger partial charge >= 0.3 is 11.3 Å². The third kappa shape index (κ3) is 3.23. The molecule has 0 spiro atoms. The third-order valence-electron chi connectivity index (χ3n) is 5.62. The Labute approximate surface area is 166 Å². The molecule has 2 heterocycles. The number of hydrogen-bond donors (Lipinski definition) is 0. The molecule has 0 saturated heterocycles. The first-order valence-electron chi connectivity index (χ1n) is 9.89. The standard InChI is InChI=1S/C24H20O5/c1-2-14-10-23(25)29-22-12-18(6-7-19(14)22)27-13-17-11-24(26)28-21-9-16-5-3-4-15(16)8-20(17)21/h6-12H,2-5,13H2,1H3. The van der Waals surface area contributed by atoms with Gasteiger partial charge in [0.2, 0.25) is 0 Å². The van der Waals surface area contributed by atoms with Crippen LogP contribution in [0.2, 0.25) is 0 Å². The van der Waals surface area contributed by atoms with E-state index in [9.17, 15) is 9.59 Å². The molecule has 0 bridgehead atoms. The second-order valence-corrected chi connectivity index (χ2v) is 7.45. The smallest absolute Gasteiger partial charge is 0.336 e. The highest BCUT2D eigenvalue weighted by Crippen LogP contribution is 2.29. The fourth-order valence-corrected chi connectivity index (χ4v) is 4.17. The second kappa shape index (κ2) is 6.92. The van der Waals surface area contributed by atoms with E-state index in [4.69, 9.17) is 13.6 Å². The lowest BCUT2D eigenvalue weighted by molar-refractivity contribution is 0.306. The molecule has 0 fully saturated rings. The van der Waals surface area contributed by atoms with E-state index in [-0.39, 0.29) is 17.9 Å². The maximum Gasteiger partial charge on any atom is 0.336 e. The lowest BCUT2D eigenvalue weighted by Gasteiger charge is -2.11. The molecule has 29 heavy (non-hydrogen) atoms. The first-order chi connectivity index (χ1) is 14.1. The van der Waals surface area contributed by atoms with Crippen molar-refractivity contribution >= 4 is 21.9 Å².